The Morgan fingerprint density at radius 3 is 2.71 bits per heavy atom. The Bertz CT molecular complexity index is 1110. The number of hydrogen-bond acceptors (Lipinski definition) is 7. The standard InChI is InChI=1S/C26H31N5O3/c1-27-13-12-23(20-9-5-4-6-10-20)34-18-19-8-7-11-21(16-19)31-15-14-30(2)24-22(25(31)32)17-28-26(29-24)33-3/h4-11,16-17,23,27H,12-15,18H2,1-3H3. The van der Waals surface area contributed by atoms with E-state index in [1.165, 1.54) is 13.3 Å². The lowest BCUT2D eigenvalue weighted by Gasteiger charge is -2.22. The molecule has 0 spiro atoms. The molecule has 1 atom stereocenters. The minimum Gasteiger partial charge on any atom is -0.467 e. The van der Waals surface area contributed by atoms with Crippen LogP contribution in [0.25, 0.3) is 0 Å². The van der Waals surface area contributed by atoms with Crippen LogP contribution in [0.1, 0.15) is 34.0 Å². The van der Waals surface area contributed by atoms with Crippen molar-refractivity contribution in [1.82, 2.24) is 15.3 Å². The third-order valence-corrected chi connectivity index (χ3v) is 5.93. The molecule has 178 valence electrons. The van der Waals surface area contributed by atoms with E-state index >= 15 is 0 Å². The molecule has 1 amide bonds. The van der Waals surface area contributed by atoms with E-state index in [-0.39, 0.29) is 18.0 Å². The molecule has 8 heteroatoms. The maximum Gasteiger partial charge on any atom is 0.318 e. The van der Waals surface area contributed by atoms with Crippen LogP contribution < -0.4 is 19.9 Å². The molecular weight excluding hydrogens is 430 g/mol. The van der Waals surface area contributed by atoms with E-state index in [1.807, 2.05) is 61.5 Å². The predicted molar refractivity (Wildman–Crippen MR) is 132 cm³/mol. The molecule has 1 aliphatic heterocycles. The molecule has 0 bridgehead atoms. The van der Waals surface area contributed by atoms with Crippen molar-refractivity contribution in [1.29, 1.82) is 0 Å². The monoisotopic (exact) mass is 461 g/mol. The van der Waals surface area contributed by atoms with E-state index in [2.05, 4.69) is 27.4 Å². The highest BCUT2D eigenvalue weighted by molar-refractivity contribution is 6.09. The first kappa shape index (κ1) is 23.7. The Labute approximate surface area is 200 Å². The van der Waals surface area contributed by atoms with Gasteiger partial charge in [-0.1, -0.05) is 42.5 Å². The summed E-state index contributed by atoms with van der Waals surface area (Å²) in [6.07, 6.45) is 2.40. The fraction of sp³-hybridized carbons (Fsp3) is 0.346. The summed E-state index contributed by atoms with van der Waals surface area (Å²) in [7, 11) is 5.38. The summed E-state index contributed by atoms with van der Waals surface area (Å²) in [5, 5.41) is 3.20. The smallest absolute Gasteiger partial charge is 0.318 e. The summed E-state index contributed by atoms with van der Waals surface area (Å²) in [5.74, 6) is 0.449. The number of fused-ring (bicyclic) bond motifs is 1. The molecule has 0 fully saturated rings. The molecule has 4 rings (SSSR count). The van der Waals surface area contributed by atoms with E-state index in [0.717, 1.165) is 29.8 Å². The molecule has 34 heavy (non-hydrogen) atoms. The SMILES string of the molecule is CNCCC(OCc1cccc(N2CCN(C)c3nc(OC)ncc3C2=O)c1)c1ccccc1. The average Bonchev–Trinajstić information content (AvgIpc) is 3.00. The maximum absolute atomic E-state index is 13.4. The van der Waals surface area contributed by atoms with Crippen molar-refractivity contribution in [2.45, 2.75) is 19.1 Å². The molecule has 2 heterocycles. The molecule has 0 radical (unpaired) electrons. The molecule has 3 aromatic rings. The largest absolute Gasteiger partial charge is 0.467 e. The lowest BCUT2D eigenvalue weighted by Crippen LogP contribution is -2.33. The van der Waals surface area contributed by atoms with Crippen molar-refractivity contribution in [3.8, 4) is 6.01 Å². The number of nitrogens with zero attached hydrogens (tertiary/aromatic N) is 4. The molecule has 1 aromatic heterocycles. The van der Waals surface area contributed by atoms with Gasteiger partial charge in [0.1, 0.15) is 11.4 Å². The van der Waals surface area contributed by atoms with Crippen LogP contribution in [0.2, 0.25) is 0 Å². The van der Waals surface area contributed by atoms with E-state index in [4.69, 9.17) is 9.47 Å². The van der Waals surface area contributed by atoms with Crippen LogP contribution >= 0.6 is 0 Å². The van der Waals surface area contributed by atoms with Gasteiger partial charge < -0.3 is 24.6 Å². The van der Waals surface area contributed by atoms with Crippen LogP contribution in [0.4, 0.5) is 11.5 Å². The fourth-order valence-electron chi connectivity index (χ4n) is 4.05. The lowest BCUT2D eigenvalue weighted by molar-refractivity contribution is 0.0344. The van der Waals surface area contributed by atoms with Crippen molar-refractivity contribution in [2.75, 3.05) is 50.6 Å². The second-order valence-electron chi connectivity index (χ2n) is 8.24. The van der Waals surface area contributed by atoms with Gasteiger partial charge in [0, 0.05) is 32.0 Å². The molecule has 0 aliphatic carbocycles. The highest BCUT2D eigenvalue weighted by Gasteiger charge is 2.28. The highest BCUT2D eigenvalue weighted by atomic mass is 16.5. The molecule has 0 saturated carbocycles. The van der Waals surface area contributed by atoms with Crippen LogP contribution in [0.5, 0.6) is 6.01 Å². The van der Waals surface area contributed by atoms with Crippen molar-refractivity contribution in [3.05, 3.63) is 77.5 Å². The summed E-state index contributed by atoms with van der Waals surface area (Å²) >= 11 is 0. The van der Waals surface area contributed by atoms with E-state index in [1.54, 1.807) is 4.90 Å². The first-order chi connectivity index (χ1) is 16.6. The van der Waals surface area contributed by atoms with Crippen LogP contribution in [-0.2, 0) is 11.3 Å². The Morgan fingerprint density at radius 1 is 1.12 bits per heavy atom. The lowest BCUT2D eigenvalue weighted by atomic mass is 10.1. The highest BCUT2D eigenvalue weighted by Crippen LogP contribution is 2.28. The van der Waals surface area contributed by atoms with Crippen molar-refractivity contribution in [3.63, 3.8) is 0 Å². The summed E-state index contributed by atoms with van der Waals surface area (Å²) in [5.41, 5.74) is 3.46. The van der Waals surface area contributed by atoms with Crippen LogP contribution in [0, 0.1) is 0 Å². The Morgan fingerprint density at radius 2 is 1.94 bits per heavy atom. The summed E-state index contributed by atoms with van der Waals surface area (Å²) in [6, 6.07) is 18.5. The number of nitrogens with one attached hydrogen (secondary N) is 1. The number of hydrogen-bond donors (Lipinski definition) is 1. The zero-order chi connectivity index (χ0) is 23.9. The second-order valence-corrected chi connectivity index (χ2v) is 8.24. The Kier molecular flexibility index (Phi) is 7.72. The van der Waals surface area contributed by atoms with Gasteiger partial charge in [-0.2, -0.15) is 4.98 Å². The number of carbonyl (C=O) groups excluding carboxylic acids is 1. The van der Waals surface area contributed by atoms with Crippen LogP contribution in [-0.4, -0.2) is 56.7 Å². The van der Waals surface area contributed by atoms with Gasteiger partial charge in [-0.3, -0.25) is 4.79 Å². The van der Waals surface area contributed by atoms with Crippen LogP contribution in [0.3, 0.4) is 0 Å². The number of amides is 1. The van der Waals surface area contributed by atoms with Gasteiger partial charge in [-0.25, -0.2) is 4.98 Å². The van der Waals surface area contributed by atoms with Gasteiger partial charge in [0.2, 0.25) is 0 Å². The molecule has 1 N–H and O–H groups in total. The van der Waals surface area contributed by atoms with E-state index in [0.29, 0.717) is 31.1 Å². The van der Waals surface area contributed by atoms with Crippen molar-refractivity contribution < 1.29 is 14.3 Å². The number of likely N-dealkylation sites (N-methyl/N-ethyl adjacent to an activating group) is 1. The zero-order valence-corrected chi connectivity index (χ0v) is 19.9. The number of carbonyl (C=O) groups is 1. The zero-order valence-electron chi connectivity index (χ0n) is 19.9. The predicted octanol–water partition coefficient (Wildman–Crippen LogP) is 3.45. The van der Waals surface area contributed by atoms with Gasteiger partial charge >= 0.3 is 6.01 Å². The summed E-state index contributed by atoms with van der Waals surface area (Å²) in [4.78, 5) is 25.7. The number of benzene rings is 2. The first-order valence-corrected chi connectivity index (χ1v) is 11.4. The summed E-state index contributed by atoms with van der Waals surface area (Å²) in [6.45, 7) is 2.49. The van der Waals surface area contributed by atoms with E-state index in [9.17, 15) is 4.79 Å². The van der Waals surface area contributed by atoms with Gasteiger partial charge in [-0.05, 0) is 43.3 Å². The number of methoxy groups -OCH3 is 1. The van der Waals surface area contributed by atoms with Crippen molar-refractivity contribution in [2.24, 2.45) is 0 Å². The number of ether oxygens (including phenoxy) is 2. The van der Waals surface area contributed by atoms with Crippen molar-refractivity contribution >= 4 is 17.4 Å². The Hall–Kier alpha value is -3.49. The second kappa shape index (κ2) is 11.1. The van der Waals surface area contributed by atoms with Crippen LogP contribution in [0.15, 0.2) is 60.8 Å². The fourth-order valence-corrected chi connectivity index (χ4v) is 4.05. The number of aromatic nitrogens is 2. The van der Waals surface area contributed by atoms with Gasteiger partial charge in [0.25, 0.3) is 5.91 Å². The minimum absolute atomic E-state index is 0.00946. The van der Waals surface area contributed by atoms with E-state index < -0.39 is 0 Å². The van der Waals surface area contributed by atoms with Gasteiger partial charge in [0.05, 0.1) is 19.8 Å². The quantitative estimate of drug-likeness (QED) is 0.523. The number of rotatable bonds is 9. The molecule has 8 nitrogen and oxygen atoms in total. The topological polar surface area (TPSA) is 79.8 Å². The van der Waals surface area contributed by atoms with Gasteiger partial charge in [0.15, 0.2) is 0 Å². The van der Waals surface area contributed by atoms with Gasteiger partial charge in [-0.15, -0.1) is 0 Å². The molecule has 1 unspecified atom stereocenters. The number of anilines is 2. The maximum atomic E-state index is 13.4. The summed E-state index contributed by atoms with van der Waals surface area (Å²) < 4.78 is 11.5. The average molecular weight is 462 g/mol. The third-order valence-electron chi connectivity index (χ3n) is 5.93. The normalized spacial score (nSPS) is 14.5. The molecule has 0 saturated heterocycles. The Balaban J connectivity index is 1.53. The minimum atomic E-state index is -0.128. The molecule has 2 aromatic carbocycles. The molecular formula is C26H31N5O3. The molecule has 1 aliphatic rings. The first-order valence-electron chi connectivity index (χ1n) is 11.4. The third kappa shape index (κ3) is 5.35.